The van der Waals surface area contributed by atoms with Crippen LogP contribution in [0, 0.1) is 0 Å². The van der Waals surface area contributed by atoms with Gasteiger partial charge in [-0.2, -0.15) is 0 Å². The highest BCUT2D eigenvalue weighted by atomic mass is 15.1. The zero-order valence-electron chi connectivity index (χ0n) is 37.4. The molecule has 0 atom stereocenters. The minimum absolute atomic E-state index is 0.0696. The fourth-order valence-corrected chi connectivity index (χ4v) is 10.7. The SMILES string of the molecule is CC(C)(C)c1ccc(-c2ccc(N(c3ccc4c(c3)-c3ccccc3C4(C)C)c3ccc4ccccc4c3-c3cccc(-c4ccc5c(c4)C(C)(C)c4ccccc4-5)c3)cc2)cc1. The molecule has 0 spiro atoms. The van der Waals surface area contributed by atoms with Gasteiger partial charge in [-0.05, 0) is 137 Å². The average Bonchev–Trinajstić information content (AvgIpc) is 3.68. The Kier molecular flexibility index (Phi) is 8.83. The molecule has 0 saturated heterocycles. The topological polar surface area (TPSA) is 3.24 Å². The molecule has 0 amide bonds. The summed E-state index contributed by atoms with van der Waals surface area (Å²) in [5, 5.41) is 2.45. The first-order valence-electron chi connectivity index (χ1n) is 22.5. The monoisotopic (exact) mass is 811 g/mol. The summed E-state index contributed by atoms with van der Waals surface area (Å²) in [6.45, 7) is 16.3. The Balaban J connectivity index is 1.09. The van der Waals surface area contributed by atoms with Crippen LogP contribution in [-0.2, 0) is 16.2 Å². The maximum Gasteiger partial charge on any atom is 0.0546 e. The number of fused-ring (bicyclic) bond motifs is 7. The highest BCUT2D eigenvalue weighted by Gasteiger charge is 2.37. The van der Waals surface area contributed by atoms with Crippen LogP contribution in [0.5, 0.6) is 0 Å². The maximum atomic E-state index is 2.49. The molecule has 1 nitrogen and oxygen atoms in total. The van der Waals surface area contributed by atoms with Gasteiger partial charge in [-0.15, -0.1) is 0 Å². The molecule has 0 unspecified atom stereocenters. The van der Waals surface area contributed by atoms with Crippen molar-refractivity contribution in [3.8, 4) is 55.6 Å². The van der Waals surface area contributed by atoms with Crippen molar-refractivity contribution in [2.75, 3.05) is 4.90 Å². The van der Waals surface area contributed by atoms with Gasteiger partial charge in [-0.25, -0.2) is 0 Å². The van der Waals surface area contributed by atoms with Gasteiger partial charge in [0.2, 0.25) is 0 Å². The first-order chi connectivity index (χ1) is 30.4. The Morgan fingerprint density at radius 1 is 0.365 bits per heavy atom. The Labute approximate surface area is 373 Å². The molecule has 0 aliphatic heterocycles. The molecule has 1 heteroatoms. The van der Waals surface area contributed by atoms with E-state index >= 15 is 0 Å². The Morgan fingerprint density at radius 3 is 1.62 bits per heavy atom. The minimum Gasteiger partial charge on any atom is -0.310 e. The zero-order valence-corrected chi connectivity index (χ0v) is 37.4. The number of hydrogen-bond acceptors (Lipinski definition) is 1. The van der Waals surface area contributed by atoms with Crippen molar-refractivity contribution in [2.24, 2.45) is 0 Å². The van der Waals surface area contributed by atoms with E-state index in [0.29, 0.717) is 0 Å². The van der Waals surface area contributed by atoms with Crippen LogP contribution in [0.4, 0.5) is 17.1 Å². The Morgan fingerprint density at radius 2 is 0.905 bits per heavy atom. The van der Waals surface area contributed by atoms with Crippen LogP contribution < -0.4 is 4.90 Å². The van der Waals surface area contributed by atoms with Crippen LogP contribution in [0.2, 0.25) is 0 Å². The summed E-state index contributed by atoms with van der Waals surface area (Å²) >= 11 is 0. The van der Waals surface area contributed by atoms with Gasteiger partial charge in [-0.1, -0.05) is 200 Å². The summed E-state index contributed by atoms with van der Waals surface area (Å²) in [4.78, 5) is 2.49. The molecule has 2 aliphatic rings. The fraction of sp³-hybridized carbons (Fsp3) is 0.161. The van der Waals surface area contributed by atoms with Crippen molar-refractivity contribution in [2.45, 2.75) is 64.7 Å². The molecule has 0 saturated carbocycles. The number of nitrogens with zero attached hydrogens (tertiary/aromatic N) is 1. The van der Waals surface area contributed by atoms with E-state index in [4.69, 9.17) is 0 Å². The van der Waals surface area contributed by atoms with Gasteiger partial charge in [-0.3, -0.25) is 0 Å². The van der Waals surface area contributed by atoms with E-state index in [-0.39, 0.29) is 16.2 Å². The molecule has 63 heavy (non-hydrogen) atoms. The molecule has 0 aromatic heterocycles. The molecule has 0 heterocycles. The molecule has 0 N–H and O–H groups in total. The second kappa shape index (κ2) is 14.3. The van der Waals surface area contributed by atoms with Gasteiger partial charge in [0.1, 0.15) is 0 Å². The second-order valence-corrected chi connectivity index (χ2v) is 19.8. The molecule has 306 valence electrons. The Hall–Kier alpha value is -6.96. The quantitative estimate of drug-likeness (QED) is 0.162. The van der Waals surface area contributed by atoms with Gasteiger partial charge < -0.3 is 4.90 Å². The number of rotatable bonds is 6. The highest BCUT2D eigenvalue weighted by Crippen LogP contribution is 2.53. The summed E-state index contributed by atoms with van der Waals surface area (Å²) in [6.07, 6.45) is 0. The van der Waals surface area contributed by atoms with E-state index in [9.17, 15) is 0 Å². The summed E-state index contributed by atoms with van der Waals surface area (Å²) in [5.41, 5.74) is 22.8. The third kappa shape index (κ3) is 6.28. The standard InChI is InChI=1S/C62H53N/c1-60(2,3)46-29-23-40(24-30-46)41-25-31-47(32-26-41)63(48-33-35-56-53(39-48)51-20-11-13-22-55(51)61(56,4)5)58-36-28-42-15-8-9-18-49(42)59(58)45-17-14-16-43(37-45)44-27-34-52-50-19-10-12-21-54(50)62(6,7)57(52)38-44/h8-39H,1-7H3. The molecule has 0 fully saturated rings. The van der Waals surface area contributed by atoms with Crippen LogP contribution in [-0.4, -0.2) is 0 Å². The van der Waals surface area contributed by atoms with Crippen LogP contribution in [0.15, 0.2) is 194 Å². The first-order valence-corrected chi connectivity index (χ1v) is 22.5. The lowest BCUT2D eigenvalue weighted by atomic mass is 9.81. The predicted octanol–water partition coefficient (Wildman–Crippen LogP) is 17.2. The molecule has 9 aromatic carbocycles. The van der Waals surface area contributed by atoms with Crippen molar-refractivity contribution in [1.82, 2.24) is 0 Å². The van der Waals surface area contributed by atoms with Crippen LogP contribution in [0.3, 0.4) is 0 Å². The smallest absolute Gasteiger partial charge is 0.0546 e. The van der Waals surface area contributed by atoms with Crippen molar-refractivity contribution in [3.63, 3.8) is 0 Å². The second-order valence-electron chi connectivity index (χ2n) is 19.8. The normalized spacial score (nSPS) is 14.2. The highest BCUT2D eigenvalue weighted by molar-refractivity contribution is 6.06. The van der Waals surface area contributed by atoms with E-state index in [1.54, 1.807) is 0 Å². The van der Waals surface area contributed by atoms with Crippen LogP contribution in [0.25, 0.3) is 66.4 Å². The third-order valence-electron chi connectivity index (χ3n) is 14.3. The third-order valence-corrected chi connectivity index (χ3v) is 14.3. The largest absolute Gasteiger partial charge is 0.310 e. The van der Waals surface area contributed by atoms with Gasteiger partial charge in [0.15, 0.2) is 0 Å². The van der Waals surface area contributed by atoms with E-state index < -0.39 is 0 Å². The van der Waals surface area contributed by atoms with Crippen molar-refractivity contribution in [3.05, 3.63) is 222 Å². The lowest BCUT2D eigenvalue weighted by Gasteiger charge is -2.30. The van der Waals surface area contributed by atoms with Gasteiger partial charge in [0, 0.05) is 27.8 Å². The van der Waals surface area contributed by atoms with E-state index in [1.165, 1.54) is 94.2 Å². The van der Waals surface area contributed by atoms with E-state index in [0.717, 1.165) is 17.1 Å². The number of anilines is 3. The summed E-state index contributed by atoms with van der Waals surface area (Å²) in [6, 6.07) is 73.1. The van der Waals surface area contributed by atoms with E-state index in [1.807, 2.05) is 0 Å². The number of benzene rings is 9. The molecule has 9 aromatic rings. The lowest BCUT2D eigenvalue weighted by Crippen LogP contribution is -2.15. The molecule has 2 aliphatic carbocycles. The van der Waals surface area contributed by atoms with Crippen molar-refractivity contribution >= 4 is 27.8 Å². The van der Waals surface area contributed by atoms with Crippen LogP contribution in [0.1, 0.15) is 76.3 Å². The summed E-state index contributed by atoms with van der Waals surface area (Å²) in [5.74, 6) is 0. The van der Waals surface area contributed by atoms with Gasteiger partial charge in [0.25, 0.3) is 0 Å². The lowest BCUT2D eigenvalue weighted by molar-refractivity contribution is 0.590. The summed E-state index contributed by atoms with van der Waals surface area (Å²) in [7, 11) is 0. The maximum absolute atomic E-state index is 2.49. The fourth-order valence-electron chi connectivity index (χ4n) is 10.7. The average molecular weight is 812 g/mol. The molecular weight excluding hydrogens is 759 g/mol. The molecule has 0 radical (unpaired) electrons. The molecular formula is C62H53N. The van der Waals surface area contributed by atoms with Crippen LogP contribution >= 0.6 is 0 Å². The van der Waals surface area contributed by atoms with Crippen molar-refractivity contribution in [1.29, 1.82) is 0 Å². The summed E-state index contributed by atoms with van der Waals surface area (Å²) < 4.78 is 0. The van der Waals surface area contributed by atoms with Crippen molar-refractivity contribution < 1.29 is 0 Å². The Bertz CT molecular complexity index is 3240. The predicted molar refractivity (Wildman–Crippen MR) is 269 cm³/mol. The number of hydrogen-bond donors (Lipinski definition) is 0. The molecule has 11 rings (SSSR count). The molecule has 0 bridgehead atoms. The van der Waals surface area contributed by atoms with Gasteiger partial charge in [0.05, 0.1) is 5.69 Å². The minimum atomic E-state index is -0.0798. The van der Waals surface area contributed by atoms with Gasteiger partial charge >= 0.3 is 0 Å². The zero-order chi connectivity index (χ0) is 43.3. The first kappa shape index (κ1) is 38.9. The van der Waals surface area contributed by atoms with E-state index in [2.05, 4.69) is 247 Å².